The fourth-order valence-corrected chi connectivity index (χ4v) is 2.92. The molecule has 1 fully saturated rings. The van der Waals surface area contributed by atoms with Gasteiger partial charge in [-0.1, -0.05) is 0 Å². The van der Waals surface area contributed by atoms with Gasteiger partial charge >= 0.3 is 0 Å². The largest absolute Gasteiger partial charge is 0.377 e. The summed E-state index contributed by atoms with van der Waals surface area (Å²) in [5.74, 6) is 0.375. The molecule has 0 bridgehead atoms. The normalized spacial score (nSPS) is 20.2. The Balaban J connectivity index is 2.06. The Morgan fingerprint density at radius 3 is 3.28 bits per heavy atom. The van der Waals surface area contributed by atoms with E-state index >= 15 is 0 Å². The third-order valence-electron chi connectivity index (χ3n) is 2.95. The molecule has 2 aromatic rings. The van der Waals surface area contributed by atoms with Crippen molar-refractivity contribution in [3.05, 3.63) is 17.8 Å². The first kappa shape index (κ1) is 11.4. The molecule has 1 atom stereocenters. The number of anilines is 1. The number of rotatable bonds is 2. The maximum absolute atomic E-state index is 11.5. The summed E-state index contributed by atoms with van der Waals surface area (Å²) in [6, 6.07) is 1.48. The van der Waals surface area contributed by atoms with Crippen LogP contribution in [0.15, 0.2) is 17.8 Å². The third kappa shape index (κ3) is 1.81. The lowest BCUT2D eigenvalue weighted by atomic mass is 10.2. The second kappa shape index (κ2) is 4.51. The van der Waals surface area contributed by atoms with E-state index in [4.69, 9.17) is 10.5 Å². The lowest BCUT2D eigenvalue weighted by molar-refractivity contribution is -0.121. The van der Waals surface area contributed by atoms with Crippen molar-refractivity contribution in [1.82, 2.24) is 9.97 Å². The molecule has 1 amide bonds. The molecule has 1 saturated heterocycles. The van der Waals surface area contributed by atoms with Gasteiger partial charge in [-0.2, -0.15) is 0 Å². The minimum absolute atomic E-state index is 0.312. The molecule has 3 rings (SSSR count). The zero-order chi connectivity index (χ0) is 12.5. The van der Waals surface area contributed by atoms with Crippen molar-refractivity contribution >= 4 is 33.3 Å². The second-order valence-corrected chi connectivity index (χ2v) is 4.93. The quantitative estimate of drug-likeness (QED) is 0.848. The van der Waals surface area contributed by atoms with Crippen molar-refractivity contribution in [2.75, 3.05) is 24.7 Å². The molecule has 0 saturated carbocycles. The highest BCUT2D eigenvalue weighted by Gasteiger charge is 2.30. The number of carbonyl (C=O) groups excluding carboxylic acids is 1. The van der Waals surface area contributed by atoms with Crippen LogP contribution in [0.2, 0.25) is 0 Å². The molecule has 0 aliphatic carbocycles. The summed E-state index contributed by atoms with van der Waals surface area (Å²) < 4.78 is 6.28. The first-order valence-corrected chi connectivity index (χ1v) is 6.47. The highest BCUT2D eigenvalue weighted by atomic mass is 32.1. The monoisotopic (exact) mass is 264 g/mol. The van der Waals surface area contributed by atoms with Crippen molar-refractivity contribution in [2.45, 2.75) is 6.04 Å². The minimum atomic E-state index is -0.459. The van der Waals surface area contributed by atoms with Gasteiger partial charge in [0.25, 0.3) is 0 Å². The van der Waals surface area contributed by atoms with Gasteiger partial charge in [0, 0.05) is 6.54 Å². The van der Waals surface area contributed by atoms with Gasteiger partial charge in [-0.05, 0) is 11.4 Å². The van der Waals surface area contributed by atoms with Crippen LogP contribution in [0.5, 0.6) is 0 Å². The number of carbonyl (C=O) groups is 1. The van der Waals surface area contributed by atoms with Crippen molar-refractivity contribution < 1.29 is 9.53 Å². The molecule has 6 nitrogen and oxygen atoms in total. The second-order valence-electron chi connectivity index (χ2n) is 4.02. The number of hydrogen-bond acceptors (Lipinski definition) is 6. The zero-order valence-corrected chi connectivity index (χ0v) is 10.4. The maximum atomic E-state index is 11.5. The number of morpholine rings is 1. The van der Waals surface area contributed by atoms with Gasteiger partial charge in [0.1, 0.15) is 12.4 Å². The molecular weight excluding hydrogens is 252 g/mol. The van der Waals surface area contributed by atoms with Crippen LogP contribution in [0.3, 0.4) is 0 Å². The van der Waals surface area contributed by atoms with E-state index in [1.165, 1.54) is 6.33 Å². The highest BCUT2D eigenvalue weighted by molar-refractivity contribution is 7.17. The number of hydrogen-bond donors (Lipinski definition) is 1. The van der Waals surface area contributed by atoms with Gasteiger partial charge in [0.05, 0.1) is 23.4 Å². The predicted molar refractivity (Wildman–Crippen MR) is 68.6 cm³/mol. The van der Waals surface area contributed by atoms with Gasteiger partial charge in [-0.25, -0.2) is 9.97 Å². The molecule has 0 radical (unpaired) electrons. The fourth-order valence-electron chi connectivity index (χ4n) is 2.07. The maximum Gasteiger partial charge on any atom is 0.242 e. The van der Waals surface area contributed by atoms with Crippen molar-refractivity contribution in [3.63, 3.8) is 0 Å². The molecule has 94 valence electrons. The topological polar surface area (TPSA) is 81.3 Å². The Hall–Kier alpha value is -1.73. The molecule has 0 spiro atoms. The molecule has 3 heterocycles. The summed E-state index contributed by atoms with van der Waals surface area (Å²) in [5, 5.41) is 1.96. The smallest absolute Gasteiger partial charge is 0.242 e. The summed E-state index contributed by atoms with van der Waals surface area (Å²) in [6.45, 7) is 1.49. The number of amides is 1. The Kier molecular flexibility index (Phi) is 2.85. The number of ether oxygens (including phenoxy) is 1. The van der Waals surface area contributed by atoms with E-state index in [2.05, 4.69) is 9.97 Å². The lowest BCUT2D eigenvalue weighted by Gasteiger charge is -2.34. The van der Waals surface area contributed by atoms with Gasteiger partial charge in [-0.3, -0.25) is 4.79 Å². The van der Waals surface area contributed by atoms with Crippen LogP contribution in [0.1, 0.15) is 0 Å². The van der Waals surface area contributed by atoms with Gasteiger partial charge in [0.2, 0.25) is 5.91 Å². The number of fused-ring (bicyclic) bond motifs is 1. The average Bonchev–Trinajstić information content (AvgIpc) is 2.86. The number of nitrogens with two attached hydrogens (primary N) is 1. The highest BCUT2D eigenvalue weighted by Crippen LogP contribution is 2.29. The molecule has 1 unspecified atom stereocenters. The average molecular weight is 264 g/mol. The molecular formula is C11H12N4O2S. The predicted octanol–water partition coefficient (Wildman–Crippen LogP) is 0.382. The van der Waals surface area contributed by atoms with E-state index in [0.717, 1.165) is 16.0 Å². The molecule has 2 aromatic heterocycles. The zero-order valence-electron chi connectivity index (χ0n) is 9.57. The van der Waals surface area contributed by atoms with E-state index in [0.29, 0.717) is 19.8 Å². The fraction of sp³-hybridized carbons (Fsp3) is 0.364. The number of aromatic nitrogens is 2. The van der Waals surface area contributed by atoms with Crippen LogP contribution in [-0.4, -0.2) is 41.7 Å². The molecule has 2 N–H and O–H groups in total. The number of primary amides is 1. The summed E-state index contributed by atoms with van der Waals surface area (Å²) in [7, 11) is 0. The number of nitrogens with zero attached hydrogens (tertiary/aromatic N) is 3. The van der Waals surface area contributed by atoms with Crippen molar-refractivity contribution in [1.29, 1.82) is 0 Å². The molecule has 1 aliphatic rings. The molecule has 0 aromatic carbocycles. The summed E-state index contributed by atoms with van der Waals surface area (Å²) >= 11 is 1.56. The van der Waals surface area contributed by atoms with Gasteiger partial charge in [-0.15, -0.1) is 11.3 Å². The summed E-state index contributed by atoms with van der Waals surface area (Å²) in [5.41, 5.74) is 6.30. The van der Waals surface area contributed by atoms with Gasteiger partial charge < -0.3 is 15.4 Å². The minimum Gasteiger partial charge on any atom is -0.377 e. The first-order valence-electron chi connectivity index (χ1n) is 5.59. The van der Waals surface area contributed by atoms with E-state index in [1.807, 2.05) is 16.3 Å². The van der Waals surface area contributed by atoms with Crippen LogP contribution >= 0.6 is 11.3 Å². The van der Waals surface area contributed by atoms with E-state index in [-0.39, 0.29) is 0 Å². The van der Waals surface area contributed by atoms with Crippen LogP contribution < -0.4 is 10.6 Å². The molecule has 7 heteroatoms. The molecule has 18 heavy (non-hydrogen) atoms. The standard InChI is InChI=1S/C11H12N4O2S/c12-10(16)8-5-17-3-2-15(8)11-9-7(1-4-18-9)13-6-14-11/h1,4,6,8H,2-3,5H2,(H2,12,16). The third-order valence-corrected chi connectivity index (χ3v) is 3.85. The van der Waals surface area contributed by atoms with Gasteiger partial charge in [0.15, 0.2) is 5.82 Å². The summed E-state index contributed by atoms with van der Waals surface area (Å²) in [4.78, 5) is 21.9. The Labute approximate surface area is 107 Å². The van der Waals surface area contributed by atoms with Crippen molar-refractivity contribution in [3.8, 4) is 0 Å². The van der Waals surface area contributed by atoms with E-state index < -0.39 is 11.9 Å². The molecule has 1 aliphatic heterocycles. The Bertz CT molecular complexity index is 585. The first-order chi connectivity index (χ1) is 8.77. The van der Waals surface area contributed by atoms with Crippen LogP contribution in [-0.2, 0) is 9.53 Å². The van der Waals surface area contributed by atoms with Crippen LogP contribution in [0, 0.1) is 0 Å². The summed E-state index contributed by atoms with van der Waals surface area (Å²) in [6.07, 6.45) is 1.51. The van der Waals surface area contributed by atoms with Crippen LogP contribution in [0.25, 0.3) is 10.2 Å². The van der Waals surface area contributed by atoms with E-state index in [1.54, 1.807) is 11.3 Å². The van der Waals surface area contributed by atoms with E-state index in [9.17, 15) is 4.79 Å². The van der Waals surface area contributed by atoms with Crippen LogP contribution in [0.4, 0.5) is 5.82 Å². The Morgan fingerprint density at radius 2 is 2.44 bits per heavy atom. The lowest BCUT2D eigenvalue weighted by Crippen LogP contribution is -2.53. The Morgan fingerprint density at radius 1 is 1.56 bits per heavy atom. The van der Waals surface area contributed by atoms with Crippen molar-refractivity contribution in [2.24, 2.45) is 5.73 Å². The SMILES string of the molecule is NC(=O)C1COCCN1c1ncnc2ccsc12. The number of thiophene rings is 1.